The third-order valence-corrected chi connectivity index (χ3v) is 5.52. The summed E-state index contributed by atoms with van der Waals surface area (Å²) in [5.41, 5.74) is 1.29. The number of ether oxygens (including phenoxy) is 1. The van der Waals surface area contributed by atoms with Crippen molar-refractivity contribution in [3.8, 4) is 17.0 Å². The number of nitrogens with one attached hydrogen (secondary N) is 2. The number of methoxy groups -OCH3 is 1. The number of aromatic amines is 1. The van der Waals surface area contributed by atoms with Crippen molar-refractivity contribution in [2.24, 2.45) is 0 Å². The monoisotopic (exact) mass is 444 g/mol. The van der Waals surface area contributed by atoms with Gasteiger partial charge in [-0.25, -0.2) is 0 Å². The van der Waals surface area contributed by atoms with Crippen LogP contribution < -0.4 is 15.0 Å². The molecule has 1 saturated heterocycles. The van der Waals surface area contributed by atoms with E-state index in [-0.39, 0.29) is 17.5 Å². The molecule has 0 bridgehead atoms. The highest BCUT2D eigenvalue weighted by molar-refractivity contribution is 5.94. The van der Waals surface area contributed by atoms with E-state index in [1.54, 1.807) is 7.11 Å². The van der Waals surface area contributed by atoms with Crippen molar-refractivity contribution in [1.82, 2.24) is 15.5 Å². The number of anilines is 1. The fourth-order valence-electron chi connectivity index (χ4n) is 3.77. The molecule has 0 radical (unpaired) electrons. The molecule has 6 nitrogen and oxygen atoms in total. The van der Waals surface area contributed by atoms with Crippen LogP contribution in [0.1, 0.15) is 28.8 Å². The maximum absolute atomic E-state index is 12.7. The van der Waals surface area contributed by atoms with Crippen molar-refractivity contribution in [3.63, 3.8) is 0 Å². The van der Waals surface area contributed by atoms with Crippen molar-refractivity contribution >= 4 is 11.7 Å². The second kappa shape index (κ2) is 8.94. The Balaban J connectivity index is 1.39. The summed E-state index contributed by atoms with van der Waals surface area (Å²) in [5.74, 6) is 1.17. The zero-order chi connectivity index (χ0) is 22.7. The van der Waals surface area contributed by atoms with E-state index in [1.807, 2.05) is 30.3 Å². The highest BCUT2D eigenvalue weighted by atomic mass is 19.4. The van der Waals surface area contributed by atoms with Gasteiger partial charge in [-0.3, -0.25) is 9.89 Å². The molecule has 9 heteroatoms. The van der Waals surface area contributed by atoms with Crippen LogP contribution in [0.3, 0.4) is 0 Å². The molecule has 1 aliphatic rings. The van der Waals surface area contributed by atoms with Crippen molar-refractivity contribution in [2.45, 2.75) is 25.1 Å². The average Bonchev–Trinajstić information content (AvgIpc) is 3.29. The van der Waals surface area contributed by atoms with Gasteiger partial charge in [-0.15, -0.1) is 0 Å². The highest BCUT2D eigenvalue weighted by Crippen LogP contribution is 2.29. The van der Waals surface area contributed by atoms with Crippen LogP contribution in [-0.4, -0.2) is 42.3 Å². The van der Waals surface area contributed by atoms with Gasteiger partial charge in [0.2, 0.25) is 0 Å². The molecule has 2 aromatic carbocycles. The van der Waals surface area contributed by atoms with Crippen LogP contribution in [0.4, 0.5) is 19.0 Å². The first-order valence-corrected chi connectivity index (χ1v) is 10.3. The van der Waals surface area contributed by atoms with Crippen LogP contribution in [0.15, 0.2) is 54.6 Å². The number of nitrogens with zero attached hydrogens (tertiary/aromatic N) is 2. The average molecular weight is 444 g/mol. The summed E-state index contributed by atoms with van der Waals surface area (Å²) in [6, 6.07) is 13.7. The molecule has 168 valence electrons. The minimum Gasteiger partial charge on any atom is -0.497 e. The summed E-state index contributed by atoms with van der Waals surface area (Å²) in [5, 5.41) is 10.4. The SMILES string of the molecule is COc1ccc(-c2cc(N3CCC[C@H](NC(=O)c4ccc(C(F)(F)F)cc4)C3)n[nH]2)cc1. The number of piperidine rings is 1. The van der Waals surface area contributed by atoms with E-state index in [2.05, 4.69) is 20.4 Å². The largest absolute Gasteiger partial charge is 0.497 e. The van der Waals surface area contributed by atoms with E-state index in [9.17, 15) is 18.0 Å². The number of hydrogen-bond donors (Lipinski definition) is 2. The Labute approximate surface area is 183 Å². The summed E-state index contributed by atoms with van der Waals surface area (Å²) in [6.07, 6.45) is -2.77. The Kier molecular flexibility index (Phi) is 6.07. The van der Waals surface area contributed by atoms with Gasteiger partial charge in [0, 0.05) is 30.8 Å². The number of halogens is 3. The van der Waals surface area contributed by atoms with E-state index in [1.165, 1.54) is 12.1 Å². The summed E-state index contributed by atoms with van der Waals surface area (Å²) >= 11 is 0. The highest BCUT2D eigenvalue weighted by Gasteiger charge is 2.30. The predicted octanol–water partition coefficient (Wildman–Crippen LogP) is 4.50. The zero-order valence-electron chi connectivity index (χ0n) is 17.4. The fraction of sp³-hybridized carbons (Fsp3) is 0.304. The van der Waals surface area contributed by atoms with Crippen molar-refractivity contribution < 1.29 is 22.7 Å². The molecule has 0 saturated carbocycles. The maximum Gasteiger partial charge on any atom is 0.416 e. The van der Waals surface area contributed by atoms with Gasteiger partial charge >= 0.3 is 6.18 Å². The van der Waals surface area contributed by atoms with Gasteiger partial charge in [0.05, 0.1) is 18.4 Å². The van der Waals surface area contributed by atoms with Gasteiger partial charge < -0.3 is 15.0 Å². The number of benzene rings is 2. The normalized spacial score (nSPS) is 16.6. The molecule has 2 N–H and O–H groups in total. The van der Waals surface area contributed by atoms with E-state index in [0.717, 1.165) is 54.3 Å². The van der Waals surface area contributed by atoms with Crippen molar-refractivity contribution in [1.29, 1.82) is 0 Å². The van der Waals surface area contributed by atoms with Crippen LogP contribution in [0, 0.1) is 0 Å². The summed E-state index contributed by atoms with van der Waals surface area (Å²) in [7, 11) is 1.62. The van der Waals surface area contributed by atoms with Gasteiger partial charge in [-0.2, -0.15) is 18.3 Å². The first-order valence-electron chi connectivity index (χ1n) is 10.3. The number of carbonyl (C=O) groups is 1. The summed E-state index contributed by atoms with van der Waals surface area (Å²) < 4.78 is 43.3. The van der Waals surface area contributed by atoms with Crippen LogP contribution in [0.2, 0.25) is 0 Å². The fourth-order valence-corrected chi connectivity index (χ4v) is 3.77. The predicted molar refractivity (Wildman–Crippen MR) is 115 cm³/mol. The minimum absolute atomic E-state index is 0.125. The first kappa shape index (κ1) is 21.7. The molecule has 2 heterocycles. The van der Waals surface area contributed by atoms with Gasteiger partial charge in [-0.05, 0) is 66.9 Å². The van der Waals surface area contributed by atoms with E-state index >= 15 is 0 Å². The number of carbonyl (C=O) groups excluding carboxylic acids is 1. The standard InChI is InChI=1S/C23H23F3N4O2/c1-32-19-10-6-15(7-11-19)20-13-21(29-28-20)30-12-2-3-18(14-30)27-22(31)16-4-8-17(9-5-16)23(24,25)26/h4-11,13,18H,2-3,12,14H2,1H3,(H,27,31)(H,28,29)/t18-/m0/s1. The second-order valence-electron chi connectivity index (χ2n) is 7.70. The molecule has 0 aliphatic carbocycles. The minimum atomic E-state index is -4.42. The maximum atomic E-state index is 12.7. The number of alkyl halides is 3. The lowest BCUT2D eigenvalue weighted by Crippen LogP contribution is -2.48. The van der Waals surface area contributed by atoms with Crippen molar-refractivity contribution in [2.75, 3.05) is 25.1 Å². The van der Waals surface area contributed by atoms with Crippen LogP contribution in [0.25, 0.3) is 11.3 Å². The Morgan fingerprint density at radius 2 is 1.88 bits per heavy atom. The quantitative estimate of drug-likeness (QED) is 0.608. The summed E-state index contributed by atoms with van der Waals surface area (Å²) in [6.45, 7) is 1.37. The lowest BCUT2D eigenvalue weighted by molar-refractivity contribution is -0.137. The van der Waals surface area contributed by atoms with Crippen LogP contribution >= 0.6 is 0 Å². The molecule has 32 heavy (non-hydrogen) atoms. The second-order valence-corrected chi connectivity index (χ2v) is 7.70. The molecule has 0 spiro atoms. The molecule has 4 rings (SSSR count). The van der Waals surface area contributed by atoms with Crippen molar-refractivity contribution in [3.05, 3.63) is 65.7 Å². The van der Waals surface area contributed by atoms with Gasteiger partial charge in [0.25, 0.3) is 5.91 Å². The molecular formula is C23H23F3N4O2. The van der Waals surface area contributed by atoms with Gasteiger partial charge in [0.1, 0.15) is 5.75 Å². The van der Waals surface area contributed by atoms with E-state index in [0.29, 0.717) is 6.54 Å². The molecule has 1 amide bonds. The lowest BCUT2D eigenvalue weighted by Gasteiger charge is -2.33. The van der Waals surface area contributed by atoms with E-state index < -0.39 is 11.7 Å². The van der Waals surface area contributed by atoms with Crippen LogP contribution in [-0.2, 0) is 6.18 Å². The summed E-state index contributed by atoms with van der Waals surface area (Å²) in [4.78, 5) is 14.6. The molecule has 0 unspecified atom stereocenters. The number of H-pyrrole nitrogens is 1. The Bertz CT molecular complexity index is 1060. The van der Waals surface area contributed by atoms with Gasteiger partial charge in [-0.1, -0.05) is 0 Å². The van der Waals surface area contributed by atoms with Crippen LogP contribution in [0.5, 0.6) is 5.75 Å². The molecule has 1 aliphatic heterocycles. The molecule has 3 aromatic rings. The molecule has 1 fully saturated rings. The Morgan fingerprint density at radius 3 is 2.53 bits per heavy atom. The third-order valence-electron chi connectivity index (χ3n) is 5.52. The lowest BCUT2D eigenvalue weighted by atomic mass is 10.0. The topological polar surface area (TPSA) is 70.2 Å². The third kappa shape index (κ3) is 4.87. The smallest absolute Gasteiger partial charge is 0.416 e. The Morgan fingerprint density at radius 1 is 1.16 bits per heavy atom. The number of amides is 1. The van der Waals surface area contributed by atoms with Gasteiger partial charge in [0.15, 0.2) is 5.82 Å². The molecule has 1 aromatic heterocycles. The Hall–Kier alpha value is -3.49. The molecular weight excluding hydrogens is 421 g/mol. The molecule has 1 atom stereocenters. The first-order chi connectivity index (χ1) is 15.3. The number of aromatic nitrogens is 2. The number of hydrogen-bond acceptors (Lipinski definition) is 4. The zero-order valence-corrected chi connectivity index (χ0v) is 17.4. The van der Waals surface area contributed by atoms with E-state index in [4.69, 9.17) is 4.74 Å². The number of rotatable bonds is 5.